The van der Waals surface area contributed by atoms with E-state index in [0.29, 0.717) is 6.42 Å². The molecule has 2 atom stereocenters. The van der Waals surface area contributed by atoms with Crippen molar-refractivity contribution in [3.63, 3.8) is 0 Å². The number of carboxylic acid groups (broad SMARTS) is 1. The van der Waals surface area contributed by atoms with E-state index in [0.717, 1.165) is 0 Å². The standard InChI is InChI=1S/C5H9NO3/c6-5(4(8)9)1-3(5)2-7/h3,7H,1-2,6H2,(H,8,9)/t3?,5-/m0/s1. The van der Waals surface area contributed by atoms with Crippen LogP contribution in [-0.4, -0.2) is 28.3 Å². The Balaban J connectivity index is 2.52. The number of aliphatic hydroxyl groups excluding tert-OH is 1. The third-order valence-electron chi connectivity index (χ3n) is 1.77. The Kier molecular flexibility index (Phi) is 1.22. The Bertz CT molecular complexity index is 147. The van der Waals surface area contributed by atoms with Crippen LogP contribution in [-0.2, 0) is 4.79 Å². The third-order valence-corrected chi connectivity index (χ3v) is 1.77. The van der Waals surface area contributed by atoms with E-state index in [-0.39, 0.29) is 12.5 Å². The van der Waals surface area contributed by atoms with Gasteiger partial charge in [0.25, 0.3) is 0 Å². The molecule has 0 amide bonds. The zero-order valence-electron chi connectivity index (χ0n) is 4.87. The molecule has 0 bridgehead atoms. The highest BCUT2D eigenvalue weighted by Gasteiger charge is 2.57. The maximum absolute atomic E-state index is 10.2. The molecule has 1 aliphatic carbocycles. The van der Waals surface area contributed by atoms with Crippen molar-refractivity contribution in [1.29, 1.82) is 0 Å². The molecule has 0 aromatic carbocycles. The van der Waals surface area contributed by atoms with Gasteiger partial charge in [0.15, 0.2) is 0 Å². The van der Waals surface area contributed by atoms with Gasteiger partial charge in [-0.15, -0.1) is 0 Å². The normalized spacial score (nSPS) is 40.4. The summed E-state index contributed by atoms with van der Waals surface area (Å²) in [5, 5.41) is 16.8. The van der Waals surface area contributed by atoms with Gasteiger partial charge in [-0.25, -0.2) is 0 Å². The lowest BCUT2D eigenvalue weighted by atomic mass is 10.2. The minimum absolute atomic E-state index is 0.122. The van der Waals surface area contributed by atoms with E-state index < -0.39 is 11.5 Å². The van der Waals surface area contributed by atoms with Gasteiger partial charge in [-0.05, 0) is 6.42 Å². The van der Waals surface area contributed by atoms with E-state index in [1.165, 1.54) is 0 Å². The van der Waals surface area contributed by atoms with Gasteiger partial charge in [-0.1, -0.05) is 0 Å². The first-order valence-corrected chi connectivity index (χ1v) is 2.74. The monoisotopic (exact) mass is 131 g/mol. The van der Waals surface area contributed by atoms with Gasteiger partial charge in [0.05, 0.1) is 0 Å². The highest BCUT2D eigenvalue weighted by molar-refractivity contribution is 5.82. The number of hydrogen-bond donors (Lipinski definition) is 3. The largest absolute Gasteiger partial charge is 0.480 e. The number of hydrogen-bond acceptors (Lipinski definition) is 3. The fourth-order valence-electron chi connectivity index (χ4n) is 0.838. The van der Waals surface area contributed by atoms with Gasteiger partial charge in [-0.3, -0.25) is 4.79 Å². The zero-order valence-corrected chi connectivity index (χ0v) is 4.87. The summed E-state index contributed by atoms with van der Waals surface area (Å²) >= 11 is 0. The van der Waals surface area contributed by atoms with E-state index in [2.05, 4.69) is 0 Å². The van der Waals surface area contributed by atoms with Gasteiger partial charge < -0.3 is 15.9 Å². The first-order chi connectivity index (χ1) is 4.11. The van der Waals surface area contributed by atoms with Crippen molar-refractivity contribution >= 4 is 5.97 Å². The van der Waals surface area contributed by atoms with Crippen LogP contribution < -0.4 is 5.73 Å². The topological polar surface area (TPSA) is 83.6 Å². The van der Waals surface area contributed by atoms with Crippen LogP contribution in [0, 0.1) is 5.92 Å². The first-order valence-electron chi connectivity index (χ1n) is 2.74. The predicted octanol–water partition coefficient (Wildman–Crippen LogP) is -1.22. The van der Waals surface area contributed by atoms with E-state index in [9.17, 15) is 4.79 Å². The maximum Gasteiger partial charge on any atom is 0.324 e. The van der Waals surface area contributed by atoms with E-state index in [1.54, 1.807) is 0 Å². The molecule has 0 aliphatic heterocycles. The Morgan fingerprint density at radius 1 is 1.89 bits per heavy atom. The quantitative estimate of drug-likeness (QED) is 0.438. The molecule has 1 saturated carbocycles. The lowest BCUT2D eigenvalue weighted by molar-refractivity contribution is -0.140. The summed E-state index contributed by atoms with van der Waals surface area (Å²) < 4.78 is 0. The molecule has 1 unspecified atom stereocenters. The highest BCUT2D eigenvalue weighted by Crippen LogP contribution is 2.40. The smallest absolute Gasteiger partial charge is 0.324 e. The number of nitrogens with two attached hydrogens (primary N) is 1. The molecule has 0 saturated heterocycles. The van der Waals surface area contributed by atoms with E-state index >= 15 is 0 Å². The lowest BCUT2D eigenvalue weighted by Gasteiger charge is -2.00. The van der Waals surface area contributed by atoms with Crippen LogP contribution in [0.25, 0.3) is 0 Å². The van der Waals surface area contributed by atoms with Crippen LogP contribution in [0.3, 0.4) is 0 Å². The van der Waals surface area contributed by atoms with Crippen LogP contribution in [0.4, 0.5) is 0 Å². The summed E-state index contributed by atoms with van der Waals surface area (Å²) in [5.74, 6) is -1.24. The van der Waals surface area contributed by atoms with Crippen molar-refractivity contribution in [3.8, 4) is 0 Å². The molecule has 9 heavy (non-hydrogen) atoms. The van der Waals surface area contributed by atoms with Gasteiger partial charge in [0, 0.05) is 12.5 Å². The second-order valence-corrected chi connectivity index (χ2v) is 2.43. The molecule has 1 fully saturated rings. The van der Waals surface area contributed by atoms with Gasteiger partial charge in [-0.2, -0.15) is 0 Å². The SMILES string of the molecule is N[C@@]1(C(=O)O)CC1CO. The molecule has 1 aliphatic rings. The Morgan fingerprint density at radius 2 is 2.44 bits per heavy atom. The number of carboxylic acids is 1. The molecule has 0 aromatic rings. The molecule has 4 N–H and O–H groups in total. The van der Waals surface area contributed by atoms with Crippen LogP contribution in [0.2, 0.25) is 0 Å². The highest BCUT2D eigenvalue weighted by atomic mass is 16.4. The summed E-state index contributed by atoms with van der Waals surface area (Å²) in [7, 11) is 0. The van der Waals surface area contributed by atoms with Crippen LogP contribution in [0.5, 0.6) is 0 Å². The summed E-state index contributed by atoms with van der Waals surface area (Å²) in [6.07, 6.45) is 0.402. The number of rotatable bonds is 2. The lowest BCUT2D eigenvalue weighted by Crippen LogP contribution is -2.35. The Morgan fingerprint density at radius 3 is 2.56 bits per heavy atom. The number of aliphatic carboxylic acids is 1. The minimum atomic E-state index is -1.12. The number of carbonyl (C=O) groups is 1. The molecule has 52 valence electrons. The number of aliphatic hydroxyl groups is 1. The van der Waals surface area contributed by atoms with Crippen molar-refractivity contribution in [2.75, 3.05) is 6.61 Å². The van der Waals surface area contributed by atoms with Gasteiger partial charge in [0.1, 0.15) is 5.54 Å². The molecule has 4 heteroatoms. The summed E-state index contributed by atoms with van der Waals surface area (Å²) in [4.78, 5) is 10.2. The average Bonchev–Trinajstić information content (AvgIpc) is 2.44. The first kappa shape index (κ1) is 6.51. The van der Waals surface area contributed by atoms with E-state index in [1.807, 2.05) is 0 Å². The molecule has 1 rings (SSSR count). The molecule has 0 spiro atoms. The molecule has 0 heterocycles. The maximum atomic E-state index is 10.2. The Hall–Kier alpha value is -0.610. The van der Waals surface area contributed by atoms with Crippen LogP contribution in [0.1, 0.15) is 6.42 Å². The fourth-order valence-corrected chi connectivity index (χ4v) is 0.838. The van der Waals surface area contributed by atoms with Crippen LogP contribution in [0.15, 0.2) is 0 Å². The summed E-state index contributed by atoms with van der Waals surface area (Å²) in [6, 6.07) is 0. The molecule has 0 radical (unpaired) electrons. The van der Waals surface area contributed by atoms with Gasteiger partial charge in [0.2, 0.25) is 0 Å². The average molecular weight is 131 g/mol. The fraction of sp³-hybridized carbons (Fsp3) is 0.800. The van der Waals surface area contributed by atoms with Crippen molar-refractivity contribution in [2.24, 2.45) is 11.7 Å². The third kappa shape index (κ3) is 0.799. The van der Waals surface area contributed by atoms with Crippen molar-refractivity contribution < 1.29 is 15.0 Å². The Labute approximate surface area is 52.3 Å². The van der Waals surface area contributed by atoms with E-state index in [4.69, 9.17) is 15.9 Å². The van der Waals surface area contributed by atoms with Crippen molar-refractivity contribution in [3.05, 3.63) is 0 Å². The minimum Gasteiger partial charge on any atom is -0.480 e. The van der Waals surface area contributed by atoms with Crippen molar-refractivity contribution in [1.82, 2.24) is 0 Å². The molecular weight excluding hydrogens is 122 g/mol. The summed E-state index contributed by atoms with van der Waals surface area (Å²) in [6.45, 7) is -0.122. The van der Waals surface area contributed by atoms with Gasteiger partial charge >= 0.3 is 5.97 Å². The zero-order chi connectivity index (χ0) is 7.07. The molecule has 0 aromatic heterocycles. The van der Waals surface area contributed by atoms with Crippen LogP contribution >= 0.6 is 0 Å². The van der Waals surface area contributed by atoms with Crippen molar-refractivity contribution in [2.45, 2.75) is 12.0 Å². The second kappa shape index (κ2) is 1.68. The molecule has 4 nitrogen and oxygen atoms in total. The molecular formula is C5H9NO3. The summed E-state index contributed by atoms with van der Waals surface area (Å²) in [5.41, 5.74) is 4.17. The second-order valence-electron chi connectivity index (χ2n) is 2.43. The predicted molar refractivity (Wildman–Crippen MR) is 29.7 cm³/mol.